The molecule has 0 bridgehead atoms. The average Bonchev–Trinajstić information content (AvgIpc) is 1.88. The van der Waals surface area contributed by atoms with Crippen molar-refractivity contribution >= 4 is 49.4 Å². The van der Waals surface area contributed by atoms with E-state index in [9.17, 15) is 4.79 Å². The van der Waals surface area contributed by atoms with E-state index in [2.05, 4.69) is 0 Å². The van der Waals surface area contributed by atoms with E-state index >= 15 is 0 Å². The Hall–Kier alpha value is -0.250. The first-order valence-corrected chi connectivity index (χ1v) is 2.79. The van der Waals surface area contributed by atoms with Crippen molar-refractivity contribution in [1.29, 1.82) is 0 Å². The Kier molecular flexibility index (Phi) is 4.49. The fourth-order valence-electron chi connectivity index (χ4n) is 0.626. The van der Waals surface area contributed by atoms with Crippen LogP contribution in [0.5, 0.6) is 0 Å². The van der Waals surface area contributed by atoms with Crippen LogP contribution in [0.4, 0.5) is 5.69 Å². The van der Waals surface area contributed by atoms with E-state index < -0.39 is 5.97 Å². The molecule has 0 saturated carbocycles. The topological polar surface area (TPSA) is 63.3 Å². The predicted octanol–water partition coefficient (Wildman–Crippen LogP) is 0.586. The Bertz CT molecular complexity index is 245. The van der Waals surface area contributed by atoms with Gasteiger partial charge in [0.15, 0.2) is 0 Å². The van der Waals surface area contributed by atoms with Crippen LogP contribution in [-0.2, 0) is 0 Å². The van der Waals surface area contributed by atoms with Crippen molar-refractivity contribution in [3.05, 3.63) is 29.8 Å². The molecule has 0 aliphatic rings. The summed E-state index contributed by atoms with van der Waals surface area (Å²) in [5, 5.41) is 8.43. The van der Waals surface area contributed by atoms with Gasteiger partial charge in [-0.15, -0.1) is 0 Å². The summed E-state index contributed by atoms with van der Waals surface area (Å²) in [5.74, 6) is -0.931. The van der Waals surface area contributed by atoms with Crippen LogP contribution in [0.2, 0.25) is 0 Å². The minimum Gasteiger partial charge on any atom is -0.478 e. The summed E-state index contributed by atoms with van der Waals surface area (Å²) >= 11 is 0. The number of benzene rings is 1. The van der Waals surface area contributed by atoms with Crippen LogP contribution in [0.3, 0.4) is 0 Å². The van der Waals surface area contributed by atoms with Crippen molar-refractivity contribution in [3.8, 4) is 0 Å². The molecule has 1 aromatic rings. The second kappa shape index (κ2) is 4.59. The summed E-state index contributed by atoms with van der Waals surface area (Å²) in [4.78, 5) is 10.3. The number of carboxylic acid groups (broad SMARTS) is 1. The summed E-state index contributed by atoms with van der Waals surface area (Å²) in [6.07, 6.45) is 0. The van der Waals surface area contributed by atoms with Crippen molar-refractivity contribution in [2.45, 2.75) is 0 Å². The van der Waals surface area contributed by atoms with Gasteiger partial charge in [0.05, 0.1) is 5.56 Å². The van der Waals surface area contributed by atoms with E-state index in [1.807, 2.05) is 0 Å². The van der Waals surface area contributed by atoms with E-state index in [0.29, 0.717) is 5.69 Å². The molecule has 11 heavy (non-hydrogen) atoms. The fourth-order valence-corrected chi connectivity index (χ4v) is 0.626. The maximum absolute atomic E-state index is 10.3. The second-order valence-corrected chi connectivity index (χ2v) is 1.93. The van der Waals surface area contributed by atoms with Crippen molar-refractivity contribution in [1.82, 2.24) is 0 Å². The first-order chi connectivity index (χ1) is 4.70. The van der Waals surface area contributed by atoms with Gasteiger partial charge in [0.2, 0.25) is 0 Å². The SMILES string of the molecule is Nc1ccc(C(=O)O)cc1.[Ca]. The number of nitrogens with two attached hydrogens (primary N) is 1. The largest absolute Gasteiger partial charge is 0.478 e. The van der Waals surface area contributed by atoms with E-state index in [-0.39, 0.29) is 43.3 Å². The number of hydrogen-bond donors (Lipinski definition) is 2. The van der Waals surface area contributed by atoms with Gasteiger partial charge in [0.1, 0.15) is 0 Å². The van der Waals surface area contributed by atoms with Gasteiger partial charge in [-0.2, -0.15) is 0 Å². The zero-order valence-corrected chi connectivity index (χ0v) is 8.16. The summed E-state index contributed by atoms with van der Waals surface area (Å²) in [6.45, 7) is 0. The molecule has 54 valence electrons. The molecule has 0 saturated heterocycles. The molecule has 3 nitrogen and oxygen atoms in total. The first-order valence-electron chi connectivity index (χ1n) is 2.79. The number of anilines is 1. The number of rotatable bonds is 1. The van der Waals surface area contributed by atoms with E-state index in [4.69, 9.17) is 10.8 Å². The molecule has 1 aromatic carbocycles. The molecular weight excluding hydrogens is 170 g/mol. The Balaban J connectivity index is 0.000001000. The number of nitrogen functional groups attached to an aromatic ring is 1. The zero-order valence-electron chi connectivity index (χ0n) is 5.95. The Morgan fingerprint density at radius 1 is 1.27 bits per heavy atom. The predicted molar refractivity (Wildman–Crippen MR) is 43.6 cm³/mol. The maximum Gasteiger partial charge on any atom is 0.335 e. The summed E-state index contributed by atoms with van der Waals surface area (Å²) < 4.78 is 0. The van der Waals surface area contributed by atoms with Crippen molar-refractivity contribution in [3.63, 3.8) is 0 Å². The zero-order chi connectivity index (χ0) is 7.56. The molecule has 0 atom stereocenters. The first kappa shape index (κ1) is 10.7. The van der Waals surface area contributed by atoms with Crippen LogP contribution in [0.25, 0.3) is 0 Å². The third kappa shape index (κ3) is 3.10. The molecule has 0 aliphatic carbocycles. The van der Waals surface area contributed by atoms with Gasteiger partial charge in [-0.1, -0.05) is 0 Å². The Labute approximate surface area is 94.2 Å². The van der Waals surface area contributed by atoms with Gasteiger partial charge in [0.25, 0.3) is 0 Å². The minimum absolute atomic E-state index is 0. The van der Waals surface area contributed by atoms with Crippen molar-refractivity contribution in [2.75, 3.05) is 5.73 Å². The normalized spacial score (nSPS) is 8.36. The molecule has 0 heterocycles. The van der Waals surface area contributed by atoms with Gasteiger partial charge in [0, 0.05) is 43.4 Å². The molecule has 0 fully saturated rings. The third-order valence-electron chi connectivity index (χ3n) is 1.16. The van der Waals surface area contributed by atoms with Gasteiger partial charge in [-0.3, -0.25) is 0 Å². The average molecular weight is 177 g/mol. The number of hydrogen-bond acceptors (Lipinski definition) is 2. The molecule has 0 aromatic heterocycles. The quantitative estimate of drug-likeness (QED) is 0.487. The minimum atomic E-state index is -0.931. The Morgan fingerprint density at radius 3 is 2.09 bits per heavy atom. The summed E-state index contributed by atoms with van der Waals surface area (Å²) in [5.41, 5.74) is 6.17. The summed E-state index contributed by atoms with van der Waals surface area (Å²) in [7, 11) is 0. The third-order valence-corrected chi connectivity index (χ3v) is 1.16. The summed E-state index contributed by atoms with van der Waals surface area (Å²) in [6, 6.07) is 6.06. The van der Waals surface area contributed by atoms with Crippen LogP contribution in [-0.4, -0.2) is 48.8 Å². The molecule has 0 unspecified atom stereocenters. The standard InChI is InChI=1S/C7H7NO2.Ca/c8-6-3-1-5(2-4-6)7(9)10;/h1-4H,8H2,(H,9,10);. The molecular formula is C7H7CaNO2. The maximum atomic E-state index is 10.3. The van der Waals surface area contributed by atoms with Crippen molar-refractivity contribution in [2.24, 2.45) is 0 Å². The Morgan fingerprint density at radius 2 is 1.73 bits per heavy atom. The number of carbonyl (C=O) groups is 1. The van der Waals surface area contributed by atoms with Crippen molar-refractivity contribution < 1.29 is 9.90 Å². The van der Waals surface area contributed by atoms with Gasteiger partial charge in [-0.25, -0.2) is 4.79 Å². The van der Waals surface area contributed by atoms with E-state index in [0.717, 1.165) is 0 Å². The van der Waals surface area contributed by atoms with Crippen LogP contribution >= 0.6 is 0 Å². The molecule has 3 N–H and O–H groups in total. The van der Waals surface area contributed by atoms with Crippen LogP contribution < -0.4 is 5.73 Å². The fraction of sp³-hybridized carbons (Fsp3) is 0. The van der Waals surface area contributed by atoms with Crippen LogP contribution in [0.1, 0.15) is 10.4 Å². The second-order valence-electron chi connectivity index (χ2n) is 1.93. The van der Waals surface area contributed by atoms with E-state index in [1.54, 1.807) is 12.1 Å². The smallest absolute Gasteiger partial charge is 0.335 e. The molecule has 2 radical (unpaired) electrons. The molecule has 0 spiro atoms. The molecule has 0 aliphatic heterocycles. The number of aromatic carboxylic acids is 1. The monoisotopic (exact) mass is 177 g/mol. The van der Waals surface area contributed by atoms with E-state index in [1.165, 1.54) is 12.1 Å². The van der Waals surface area contributed by atoms with Crippen LogP contribution in [0, 0.1) is 0 Å². The van der Waals surface area contributed by atoms with Gasteiger partial charge >= 0.3 is 5.97 Å². The van der Waals surface area contributed by atoms with Crippen LogP contribution in [0.15, 0.2) is 24.3 Å². The number of carboxylic acids is 1. The molecule has 0 amide bonds. The molecule has 4 heteroatoms. The molecule has 1 rings (SSSR count). The van der Waals surface area contributed by atoms with Gasteiger partial charge in [-0.05, 0) is 24.3 Å². The van der Waals surface area contributed by atoms with Gasteiger partial charge < -0.3 is 10.8 Å².